The van der Waals surface area contributed by atoms with E-state index in [1.54, 1.807) is 6.08 Å². The van der Waals surface area contributed by atoms with Crippen LogP contribution in [0.5, 0.6) is 0 Å². The Bertz CT molecular complexity index is 886. The number of allylic oxidation sites excluding steroid dienone is 1. The molecule has 1 saturated heterocycles. The minimum Gasteiger partial charge on any atom is -0.356 e. The SMILES string of the molecule is CC(=O)/C=C/C(CC1CCNC1=O)NC(=O)Nc1cccc2ccccc12. The molecule has 140 valence electrons. The summed E-state index contributed by atoms with van der Waals surface area (Å²) in [4.78, 5) is 35.6. The number of ketones is 1. The Morgan fingerprint density at radius 2 is 2.00 bits per heavy atom. The number of carbonyl (C=O) groups excluding carboxylic acids is 3. The second-order valence-electron chi connectivity index (χ2n) is 6.71. The van der Waals surface area contributed by atoms with E-state index >= 15 is 0 Å². The van der Waals surface area contributed by atoms with Crippen molar-refractivity contribution < 1.29 is 14.4 Å². The van der Waals surface area contributed by atoms with Crippen LogP contribution in [0.1, 0.15) is 19.8 Å². The molecule has 2 atom stereocenters. The van der Waals surface area contributed by atoms with Crippen molar-refractivity contribution >= 4 is 34.2 Å². The zero-order chi connectivity index (χ0) is 19.2. The maximum absolute atomic E-state index is 12.5. The normalized spacial score (nSPS) is 17.7. The molecule has 1 aliphatic rings. The first-order valence-corrected chi connectivity index (χ1v) is 9.04. The van der Waals surface area contributed by atoms with E-state index in [9.17, 15) is 14.4 Å². The Kier molecular flexibility index (Phi) is 5.86. The summed E-state index contributed by atoms with van der Waals surface area (Å²) in [5, 5.41) is 10.5. The van der Waals surface area contributed by atoms with Crippen molar-refractivity contribution in [3.8, 4) is 0 Å². The summed E-state index contributed by atoms with van der Waals surface area (Å²) in [5.41, 5.74) is 0.707. The van der Waals surface area contributed by atoms with Crippen molar-refractivity contribution in [3.05, 3.63) is 54.6 Å². The topological polar surface area (TPSA) is 87.3 Å². The van der Waals surface area contributed by atoms with E-state index in [0.29, 0.717) is 18.7 Å². The molecule has 3 N–H and O–H groups in total. The summed E-state index contributed by atoms with van der Waals surface area (Å²) in [7, 11) is 0. The van der Waals surface area contributed by atoms with Gasteiger partial charge in [-0.1, -0.05) is 42.5 Å². The van der Waals surface area contributed by atoms with Crippen LogP contribution in [-0.2, 0) is 9.59 Å². The van der Waals surface area contributed by atoms with Gasteiger partial charge >= 0.3 is 6.03 Å². The van der Waals surface area contributed by atoms with Gasteiger partial charge in [-0.25, -0.2) is 4.79 Å². The smallest absolute Gasteiger partial charge is 0.319 e. The van der Waals surface area contributed by atoms with Crippen LogP contribution in [0.15, 0.2) is 54.6 Å². The van der Waals surface area contributed by atoms with Crippen LogP contribution in [0.4, 0.5) is 10.5 Å². The van der Waals surface area contributed by atoms with Gasteiger partial charge in [0.15, 0.2) is 5.78 Å². The van der Waals surface area contributed by atoms with Crippen molar-refractivity contribution in [1.82, 2.24) is 10.6 Å². The highest BCUT2D eigenvalue weighted by atomic mass is 16.2. The highest BCUT2D eigenvalue weighted by Crippen LogP contribution is 2.23. The van der Waals surface area contributed by atoms with Gasteiger partial charge in [-0.2, -0.15) is 0 Å². The third kappa shape index (κ3) is 4.94. The van der Waals surface area contributed by atoms with Crippen molar-refractivity contribution in [2.45, 2.75) is 25.8 Å². The summed E-state index contributed by atoms with van der Waals surface area (Å²) in [6.45, 7) is 2.10. The average Bonchev–Trinajstić information content (AvgIpc) is 3.04. The van der Waals surface area contributed by atoms with Gasteiger partial charge < -0.3 is 16.0 Å². The Hall–Kier alpha value is -3.15. The quantitative estimate of drug-likeness (QED) is 0.688. The monoisotopic (exact) mass is 365 g/mol. The maximum Gasteiger partial charge on any atom is 0.319 e. The fourth-order valence-corrected chi connectivity index (χ4v) is 3.27. The van der Waals surface area contributed by atoms with E-state index < -0.39 is 6.04 Å². The number of amides is 3. The Morgan fingerprint density at radius 3 is 2.74 bits per heavy atom. The van der Waals surface area contributed by atoms with Gasteiger partial charge in [0.25, 0.3) is 0 Å². The van der Waals surface area contributed by atoms with Crippen molar-refractivity contribution in [2.24, 2.45) is 5.92 Å². The highest BCUT2D eigenvalue weighted by Gasteiger charge is 2.27. The number of hydrogen-bond donors (Lipinski definition) is 3. The second kappa shape index (κ2) is 8.49. The lowest BCUT2D eigenvalue weighted by atomic mass is 9.98. The van der Waals surface area contributed by atoms with E-state index in [0.717, 1.165) is 17.2 Å². The number of fused-ring (bicyclic) bond motifs is 1. The molecule has 0 aliphatic carbocycles. The fraction of sp³-hybridized carbons (Fsp3) is 0.286. The van der Waals surface area contributed by atoms with E-state index in [2.05, 4.69) is 16.0 Å². The first-order valence-electron chi connectivity index (χ1n) is 9.04. The third-order valence-corrected chi connectivity index (χ3v) is 4.62. The minimum atomic E-state index is -0.405. The molecule has 1 fully saturated rings. The standard InChI is InChI=1S/C21H23N3O3/c1-14(25)9-10-17(13-16-11-12-22-20(16)26)23-21(27)24-19-8-4-6-15-5-2-3-7-18(15)19/h2-10,16-17H,11-13H2,1H3,(H,22,26)(H2,23,24,27)/b10-9+. The molecular formula is C21H23N3O3. The summed E-state index contributed by atoms with van der Waals surface area (Å²) >= 11 is 0. The lowest BCUT2D eigenvalue weighted by Crippen LogP contribution is -2.39. The largest absolute Gasteiger partial charge is 0.356 e. The van der Waals surface area contributed by atoms with Crippen LogP contribution in [-0.4, -0.2) is 30.3 Å². The molecule has 0 saturated carbocycles. The van der Waals surface area contributed by atoms with E-state index in [-0.39, 0.29) is 23.6 Å². The summed E-state index contributed by atoms with van der Waals surface area (Å²) in [6.07, 6.45) is 4.26. The summed E-state index contributed by atoms with van der Waals surface area (Å²) in [5.74, 6) is -0.274. The van der Waals surface area contributed by atoms with Gasteiger partial charge in [0.05, 0.1) is 11.7 Å². The van der Waals surface area contributed by atoms with E-state index in [1.165, 1.54) is 13.0 Å². The maximum atomic E-state index is 12.5. The Morgan fingerprint density at radius 1 is 1.22 bits per heavy atom. The van der Waals surface area contributed by atoms with Crippen LogP contribution in [0, 0.1) is 5.92 Å². The molecule has 3 amide bonds. The highest BCUT2D eigenvalue weighted by molar-refractivity contribution is 6.01. The number of hydrogen-bond acceptors (Lipinski definition) is 3. The Labute approximate surface area is 158 Å². The van der Waals surface area contributed by atoms with Crippen LogP contribution in [0.2, 0.25) is 0 Å². The van der Waals surface area contributed by atoms with Gasteiger partial charge in [-0.3, -0.25) is 9.59 Å². The van der Waals surface area contributed by atoms with Crippen LogP contribution >= 0.6 is 0 Å². The van der Waals surface area contributed by atoms with Crippen molar-refractivity contribution in [2.75, 3.05) is 11.9 Å². The van der Waals surface area contributed by atoms with Gasteiger partial charge in [-0.15, -0.1) is 0 Å². The first kappa shape index (κ1) is 18.6. The predicted molar refractivity (Wildman–Crippen MR) is 105 cm³/mol. The molecule has 2 aromatic rings. The summed E-state index contributed by atoms with van der Waals surface area (Å²) in [6, 6.07) is 12.7. The molecule has 0 radical (unpaired) electrons. The minimum absolute atomic E-state index is 0.00696. The van der Waals surface area contributed by atoms with Gasteiger partial charge in [-0.05, 0) is 37.3 Å². The first-order chi connectivity index (χ1) is 13.0. The van der Waals surface area contributed by atoms with Crippen LogP contribution in [0.25, 0.3) is 10.8 Å². The van der Waals surface area contributed by atoms with Crippen LogP contribution in [0.3, 0.4) is 0 Å². The fourth-order valence-electron chi connectivity index (χ4n) is 3.27. The summed E-state index contributed by atoms with van der Waals surface area (Å²) < 4.78 is 0. The number of anilines is 1. The Balaban J connectivity index is 1.71. The number of nitrogens with one attached hydrogen (secondary N) is 3. The van der Waals surface area contributed by atoms with Gasteiger partial charge in [0, 0.05) is 17.8 Å². The molecule has 0 spiro atoms. The van der Waals surface area contributed by atoms with Gasteiger partial charge in [0.2, 0.25) is 5.91 Å². The molecule has 1 heterocycles. The lowest BCUT2D eigenvalue weighted by molar-refractivity contribution is -0.122. The van der Waals surface area contributed by atoms with Crippen LogP contribution < -0.4 is 16.0 Å². The number of benzene rings is 2. The zero-order valence-corrected chi connectivity index (χ0v) is 15.2. The number of urea groups is 1. The lowest BCUT2D eigenvalue weighted by Gasteiger charge is -2.18. The van der Waals surface area contributed by atoms with Gasteiger partial charge in [0.1, 0.15) is 0 Å². The predicted octanol–water partition coefficient (Wildman–Crippen LogP) is 3.00. The molecule has 6 nitrogen and oxygen atoms in total. The third-order valence-electron chi connectivity index (χ3n) is 4.62. The van der Waals surface area contributed by atoms with Crippen molar-refractivity contribution in [1.29, 1.82) is 0 Å². The molecule has 1 aliphatic heterocycles. The average molecular weight is 365 g/mol. The van der Waals surface area contributed by atoms with E-state index in [4.69, 9.17) is 0 Å². The molecule has 0 aromatic heterocycles. The molecular weight excluding hydrogens is 342 g/mol. The number of rotatable bonds is 6. The molecule has 6 heteroatoms. The molecule has 2 aromatic carbocycles. The molecule has 27 heavy (non-hydrogen) atoms. The van der Waals surface area contributed by atoms with Crippen molar-refractivity contribution in [3.63, 3.8) is 0 Å². The van der Waals surface area contributed by atoms with E-state index in [1.807, 2.05) is 42.5 Å². The molecule has 3 rings (SSSR count). The molecule has 2 unspecified atom stereocenters. The second-order valence-corrected chi connectivity index (χ2v) is 6.71. The molecule has 0 bridgehead atoms. The number of carbonyl (C=O) groups is 3. The zero-order valence-electron chi connectivity index (χ0n) is 15.2.